The maximum atomic E-state index is 11.8. The molecule has 0 saturated heterocycles. The summed E-state index contributed by atoms with van der Waals surface area (Å²) in [4.78, 5) is 14.5. The minimum absolute atomic E-state index is 0.120. The van der Waals surface area contributed by atoms with Gasteiger partial charge in [-0.15, -0.1) is 0 Å². The average molecular weight is 215 g/mol. The van der Waals surface area contributed by atoms with Crippen LogP contribution in [0.4, 0.5) is 0 Å². The normalized spacial score (nSPS) is 19.1. The fourth-order valence-corrected chi connectivity index (χ4v) is 1.77. The van der Waals surface area contributed by atoms with Gasteiger partial charge in [0, 0.05) is 12.2 Å². The Kier molecular flexibility index (Phi) is 3.06. The maximum Gasteiger partial charge on any atom is 0.268 e. The monoisotopic (exact) mass is 215 g/mol. The van der Waals surface area contributed by atoms with Crippen LogP contribution in [0.3, 0.4) is 0 Å². The zero-order valence-corrected chi connectivity index (χ0v) is 8.86. The lowest BCUT2D eigenvalue weighted by atomic mass is 10.0. The Bertz CT molecular complexity index is 453. The number of nitrogens with one attached hydrogen (secondary N) is 2. The SMILES string of the molecule is N#Cc1c[nH]c(C(=O)NC2C=CCCC2)c1. The van der Waals surface area contributed by atoms with Gasteiger partial charge in [-0.05, 0) is 25.3 Å². The number of carbonyl (C=O) groups excluding carboxylic acids is 1. The number of amides is 1. The van der Waals surface area contributed by atoms with Gasteiger partial charge in [0.15, 0.2) is 0 Å². The molecular weight excluding hydrogens is 202 g/mol. The van der Waals surface area contributed by atoms with E-state index in [4.69, 9.17) is 5.26 Å². The van der Waals surface area contributed by atoms with Gasteiger partial charge in [0.05, 0.1) is 5.56 Å². The summed E-state index contributed by atoms with van der Waals surface area (Å²) in [6.07, 6.45) is 8.82. The first-order valence-corrected chi connectivity index (χ1v) is 5.35. The first kappa shape index (κ1) is 10.5. The van der Waals surface area contributed by atoms with Crippen LogP contribution in [0, 0.1) is 11.3 Å². The van der Waals surface area contributed by atoms with Crippen LogP contribution in [0.5, 0.6) is 0 Å². The highest BCUT2D eigenvalue weighted by Gasteiger charge is 2.14. The molecule has 1 aromatic rings. The molecule has 4 nitrogen and oxygen atoms in total. The van der Waals surface area contributed by atoms with Crippen molar-refractivity contribution in [2.45, 2.75) is 25.3 Å². The molecule has 82 valence electrons. The summed E-state index contributed by atoms with van der Waals surface area (Å²) in [6, 6.07) is 3.66. The Morgan fingerprint density at radius 3 is 3.12 bits per heavy atom. The number of nitriles is 1. The first-order chi connectivity index (χ1) is 7.79. The summed E-state index contributed by atoms with van der Waals surface area (Å²) in [5.74, 6) is -0.155. The van der Waals surface area contributed by atoms with Gasteiger partial charge in [-0.3, -0.25) is 4.79 Å². The molecule has 0 spiro atoms. The molecule has 1 aliphatic rings. The number of hydrogen-bond donors (Lipinski definition) is 2. The maximum absolute atomic E-state index is 11.8. The van der Waals surface area contributed by atoms with E-state index in [1.54, 1.807) is 6.07 Å². The standard InChI is InChI=1S/C12H13N3O/c13-7-9-6-11(14-8-9)12(16)15-10-4-2-1-3-5-10/h2,4,6,8,10,14H,1,3,5H2,(H,15,16). The van der Waals surface area contributed by atoms with Gasteiger partial charge in [-0.25, -0.2) is 0 Å². The Morgan fingerprint density at radius 1 is 1.62 bits per heavy atom. The topological polar surface area (TPSA) is 68.7 Å². The number of aromatic amines is 1. The molecule has 0 radical (unpaired) electrons. The van der Waals surface area contributed by atoms with Gasteiger partial charge < -0.3 is 10.3 Å². The molecule has 2 rings (SSSR count). The Balaban J connectivity index is 2.00. The van der Waals surface area contributed by atoms with Crippen LogP contribution in [-0.2, 0) is 0 Å². The molecule has 4 heteroatoms. The van der Waals surface area contributed by atoms with E-state index in [1.807, 2.05) is 12.1 Å². The molecule has 1 atom stereocenters. The van der Waals surface area contributed by atoms with E-state index >= 15 is 0 Å². The average Bonchev–Trinajstić information content (AvgIpc) is 2.79. The second kappa shape index (κ2) is 4.67. The van der Waals surface area contributed by atoms with Crippen molar-refractivity contribution in [1.29, 1.82) is 5.26 Å². The molecule has 0 aliphatic heterocycles. The van der Waals surface area contributed by atoms with Crippen molar-refractivity contribution < 1.29 is 4.79 Å². The highest BCUT2D eigenvalue weighted by molar-refractivity contribution is 5.93. The van der Waals surface area contributed by atoms with Crippen LogP contribution in [-0.4, -0.2) is 16.9 Å². The number of hydrogen-bond acceptors (Lipinski definition) is 2. The van der Waals surface area contributed by atoms with E-state index in [0.717, 1.165) is 19.3 Å². The van der Waals surface area contributed by atoms with Gasteiger partial charge in [-0.1, -0.05) is 12.2 Å². The third-order valence-electron chi connectivity index (χ3n) is 2.63. The lowest BCUT2D eigenvalue weighted by Crippen LogP contribution is -2.34. The van der Waals surface area contributed by atoms with E-state index < -0.39 is 0 Å². The minimum Gasteiger partial charge on any atom is -0.356 e. The summed E-state index contributed by atoms with van der Waals surface area (Å²) in [6.45, 7) is 0. The summed E-state index contributed by atoms with van der Waals surface area (Å²) in [5.41, 5.74) is 0.917. The van der Waals surface area contributed by atoms with E-state index in [0.29, 0.717) is 11.3 Å². The van der Waals surface area contributed by atoms with Crippen molar-refractivity contribution >= 4 is 5.91 Å². The Morgan fingerprint density at radius 2 is 2.50 bits per heavy atom. The zero-order chi connectivity index (χ0) is 11.4. The van der Waals surface area contributed by atoms with Crippen LogP contribution >= 0.6 is 0 Å². The molecule has 0 bridgehead atoms. The minimum atomic E-state index is -0.155. The number of carbonyl (C=O) groups is 1. The van der Waals surface area contributed by atoms with Crippen LogP contribution < -0.4 is 5.32 Å². The molecule has 1 aliphatic carbocycles. The molecule has 1 aromatic heterocycles. The number of nitrogens with zero attached hydrogens (tertiary/aromatic N) is 1. The van der Waals surface area contributed by atoms with Crippen molar-refractivity contribution in [3.8, 4) is 6.07 Å². The van der Waals surface area contributed by atoms with Gasteiger partial charge >= 0.3 is 0 Å². The first-order valence-electron chi connectivity index (χ1n) is 5.35. The third-order valence-corrected chi connectivity index (χ3v) is 2.63. The zero-order valence-electron chi connectivity index (χ0n) is 8.86. The van der Waals surface area contributed by atoms with Crippen LogP contribution in [0.15, 0.2) is 24.4 Å². The lowest BCUT2D eigenvalue weighted by Gasteiger charge is -2.17. The summed E-state index contributed by atoms with van der Waals surface area (Å²) in [5, 5.41) is 11.5. The van der Waals surface area contributed by atoms with Crippen LogP contribution in [0.2, 0.25) is 0 Å². The fraction of sp³-hybridized carbons (Fsp3) is 0.333. The third kappa shape index (κ3) is 2.31. The van der Waals surface area contributed by atoms with E-state index in [9.17, 15) is 4.79 Å². The van der Waals surface area contributed by atoms with Crippen molar-refractivity contribution in [2.75, 3.05) is 0 Å². The van der Waals surface area contributed by atoms with E-state index in [-0.39, 0.29) is 11.9 Å². The molecule has 1 heterocycles. The smallest absolute Gasteiger partial charge is 0.268 e. The van der Waals surface area contributed by atoms with Crippen molar-refractivity contribution in [3.63, 3.8) is 0 Å². The highest BCUT2D eigenvalue weighted by atomic mass is 16.1. The van der Waals surface area contributed by atoms with Gasteiger partial charge in [-0.2, -0.15) is 5.26 Å². The molecule has 1 amide bonds. The van der Waals surface area contributed by atoms with Gasteiger partial charge in [0.2, 0.25) is 0 Å². The summed E-state index contributed by atoms with van der Waals surface area (Å²) in [7, 11) is 0. The summed E-state index contributed by atoms with van der Waals surface area (Å²) >= 11 is 0. The van der Waals surface area contributed by atoms with E-state index in [2.05, 4.69) is 16.4 Å². The van der Waals surface area contributed by atoms with Crippen LogP contribution in [0.25, 0.3) is 0 Å². The molecule has 0 aromatic carbocycles. The second-order valence-corrected chi connectivity index (χ2v) is 3.85. The molecule has 16 heavy (non-hydrogen) atoms. The molecule has 2 N–H and O–H groups in total. The largest absolute Gasteiger partial charge is 0.356 e. The predicted octanol–water partition coefficient (Wildman–Crippen LogP) is 1.72. The van der Waals surface area contributed by atoms with Gasteiger partial charge in [0.25, 0.3) is 5.91 Å². The number of H-pyrrole nitrogens is 1. The lowest BCUT2D eigenvalue weighted by molar-refractivity contribution is 0.0937. The molecule has 0 saturated carbocycles. The van der Waals surface area contributed by atoms with Crippen molar-refractivity contribution in [1.82, 2.24) is 10.3 Å². The quantitative estimate of drug-likeness (QED) is 0.737. The highest BCUT2D eigenvalue weighted by Crippen LogP contribution is 2.11. The number of aromatic nitrogens is 1. The van der Waals surface area contributed by atoms with Crippen molar-refractivity contribution in [3.05, 3.63) is 35.7 Å². The van der Waals surface area contributed by atoms with Crippen molar-refractivity contribution in [2.24, 2.45) is 0 Å². The molecule has 0 fully saturated rings. The Hall–Kier alpha value is -2.02. The predicted molar refractivity (Wildman–Crippen MR) is 59.8 cm³/mol. The summed E-state index contributed by atoms with van der Waals surface area (Å²) < 4.78 is 0. The molecular formula is C12H13N3O. The Labute approximate surface area is 94.0 Å². The van der Waals surface area contributed by atoms with E-state index in [1.165, 1.54) is 6.20 Å². The van der Waals surface area contributed by atoms with Crippen LogP contribution in [0.1, 0.15) is 35.3 Å². The second-order valence-electron chi connectivity index (χ2n) is 3.85. The fourth-order valence-electron chi connectivity index (χ4n) is 1.77. The number of rotatable bonds is 2. The number of allylic oxidation sites excluding steroid dienone is 1. The molecule has 1 unspecified atom stereocenters. The van der Waals surface area contributed by atoms with Gasteiger partial charge in [0.1, 0.15) is 11.8 Å².